The molecule has 1 fully saturated rings. The van der Waals surface area contributed by atoms with Gasteiger partial charge in [0.25, 0.3) is 0 Å². The molecule has 0 bridgehead atoms. The SMILES string of the molecule is COc1ccc(CCC(=O)N2CCN(CCOc3ccccc3)CC2)cc1F. The van der Waals surface area contributed by atoms with Gasteiger partial charge in [0.1, 0.15) is 12.4 Å². The largest absolute Gasteiger partial charge is 0.494 e. The fourth-order valence-corrected chi connectivity index (χ4v) is 3.30. The zero-order chi connectivity index (χ0) is 19.8. The molecule has 1 heterocycles. The second-order valence-corrected chi connectivity index (χ2v) is 6.85. The number of amides is 1. The van der Waals surface area contributed by atoms with E-state index >= 15 is 0 Å². The fourth-order valence-electron chi connectivity index (χ4n) is 3.30. The summed E-state index contributed by atoms with van der Waals surface area (Å²) in [5.74, 6) is 0.837. The van der Waals surface area contributed by atoms with E-state index in [4.69, 9.17) is 9.47 Å². The number of benzene rings is 2. The van der Waals surface area contributed by atoms with Crippen LogP contribution in [0.3, 0.4) is 0 Å². The van der Waals surface area contributed by atoms with Gasteiger partial charge in [0.2, 0.25) is 5.91 Å². The maximum Gasteiger partial charge on any atom is 0.222 e. The fraction of sp³-hybridized carbons (Fsp3) is 0.409. The Balaban J connectivity index is 1.36. The molecule has 0 aliphatic carbocycles. The van der Waals surface area contributed by atoms with Crippen molar-refractivity contribution in [3.63, 3.8) is 0 Å². The first-order chi connectivity index (χ1) is 13.7. The number of aryl methyl sites for hydroxylation is 1. The lowest BCUT2D eigenvalue weighted by molar-refractivity contribution is -0.132. The van der Waals surface area contributed by atoms with Crippen molar-refractivity contribution in [1.82, 2.24) is 9.80 Å². The Morgan fingerprint density at radius 3 is 2.50 bits per heavy atom. The van der Waals surface area contributed by atoms with Crippen molar-refractivity contribution in [3.05, 3.63) is 59.9 Å². The summed E-state index contributed by atoms with van der Waals surface area (Å²) in [4.78, 5) is 16.7. The lowest BCUT2D eigenvalue weighted by Crippen LogP contribution is -2.49. The molecule has 0 atom stereocenters. The Kier molecular flexibility index (Phi) is 7.25. The third-order valence-electron chi connectivity index (χ3n) is 4.99. The van der Waals surface area contributed by atoms with Crippen LogP contribution < -0.4 is 9.47 Å². The molecule has 3 rings (SSSR count). The molecule has 2 aromatic rings. The topological polar surface area (TPSA) is 42.0 Å². The van der Waals surface area contributed by atoms with Crippen LogP contribution in [-0.4, -0.2) is 62.1 Å². The number of nitrogens with zero attached hydrogens (tertiary/aromatic N) is 2. The quantitative estimate of drug-likeness (QED) is 0.700. The van der Waals surface area contributed by atoms with Crippen molar-refractivity contribution in [2.24, 2.45) is 0 Å². The van der Waals surface area contributed by atoms with E-state index < -0.39 is 5.82 Å². The van der Waals surface area contributed by atoms with Gasteiger partial charge in [-0.05, 0) is 36.2 Å². The second-order valence-electron chi connectivity index (χ2n) is 6.85. The average Bonchev–Trinajstić information content (AvgIpc) is 2.73. The highest BCUT2D eigenvalue weighted by Crippen LogP contribution is 2.19. The summed E-state index contributed by atoms with van der Waals surface area (Å²) < 4.78 is 24.4. The monoisotopic (exact) mass is 386 g/mol. The van der Waals surface area contributed by atoms with Gasteiger partial charge in [-0.25, -0.2) is 4.39 Å². The van der Waals surface area contributed by atoms with Crippen LogP contribution in [0.15, 0.2) is 48.5 Å². The molecule has 0 spiro atoms. The summed E-state index contributed by atoms with van der Waals surface area (Å²) in [5.41, 5.74) is 0.809. The molecule has 0 aromatic heterocycles. The van der Waals surface area contributed by atoms with Crippen molar-refractivity contribution in [2.75, 3.05) is 46.4 Å². The van der Waals surface area contributed by atoms with Crippen LogP contribution in [0.25, 0.3) is 0 Å². The van der Waals surface area contributed by atoms with Gasteiger partial charge in [0.15, 0.2) is 11.6 Å². The summed E-state index contributed by atoms with van der Waals surface area (Å²) >= 11 is 0. The Bertz CT molecular complexity index is 762. The van der Waals surface area contributed by atoms with E-state index in [1.54, 1.807) is 12.1 Å². The van der Waals surface area contributed by atoms with Crippen molar-refractivity contribution in [2.45, 2.75) is 12.8 Å². The number of carbonyl (C=O) groups is 1. The molecule has 1 aliphatic heterocycles. The normalized spacial score (nSPS) is 14.7. The highest BCUT2D eigenvalue weighted by atomic mass is 19.1. The van der Waals surface area contributed by atoms with Gasteiger partial charge in [-0.2, -0.15) is 0 Å². The van der Waals surface area contributed by atoms with E-state index in [0.29, 0.717) is 19.4 Å². The standard InChI is InChI=1S/C22H27FN2O3/c1-27-21-9-7-18(17-20(21)23)8-10-22(26)25-13-11-24(12-14-25)15-16-28-19-5-3-2-4-6-19/h2-7,9,17H,8,10-16H2,1H3. The molecule has 1 aliphatic rings. The van der Waals surface area contributed by atoms with Crippen molar-refractivity contribution in [3.8, 4) is 11.5 Å². The predicted octanol–water partition coefficient (Wildman–Crippen LogP) is 2.99. The average molecular weight is 386 g/mol. The number of hydrogen-bond donors (Lipinski definition) is 0. The number of para-hydroxylation sites is 1. The van der Waals surface area contributed by atoms with Gasteiger partial charge in [0.05, 0.1) is 7.11 Å². The first-order valence-electron chi connectivity index (χ1n) is 9.66. The molecule has 1 amide bonds. The van der Waals surface area contributed by atoms with Gasteiger partial charge in [-0.1, -0.05) is 24.3 Å². The summed E-state index contributed by atoms with van der Waals surface area (Å²) in [6.45, 7) is 4.63. The highest BCUT2D eigenvalue weighted by molar-refractivity contribution is 5.76. The van der Waals surface area contributed by atoms with Crippen LogP contribution >= 0.6 is 0 Å². The molecular weight excluding hydrogens is 359 g/mol. The van der Waals surface area contributed by atoms with Crippen LogP contribution in [0.1, 0.15) is 12.0 Å². The number of ether oxygens (including phenoxy) is 2. The highest BCUT2D eigenvalue weighted by Gasteiger charge is 2.20. The maximum atomic E-state index is 13.7. The Morgan fingerprint density at radius 2 is 1.82 bits per heavy atom. The van der Waals surface area contributed by atoms with Crippen molar-refractivity contribution >= 4 is 5.91 Å². The molecule has 150 valence electrons. The molecule has 28 heavy (non-hydrogen) atoms. The van der Waals surface area contributed by atoms with Crippen molar-refractivity contribution in [1.29, 1.82) is 0 Å². The minimum absolute atomic E-state index is 0.122. The van der Waals surface area contributed by atoms with Gasteiger partial charge in [0, 0.05) is 39.1 Å². The first-order valence-corrected chi connectivity index (χ1v) is 9.66. The van der Waals surface area contributed by atoms with E-state index in [-0.39, 0.29) is 11.7 Å². The molecule has 0 radical (unpaired) electrons. The van der Waals surface area contributed by atoms with Gasteiger partial charge < -0.3 is 14.4 Å². The van der Waals surface area contributed by atoms with E-state index in [1.807, 2.05) is 35.2 Å². The predicted molar refractivity (Wildman–Crippen MR) is 106 cm³/mol. The number of carbonyl (C=O) groups excluding carboxylic acids is 1. The molecule has 1 saturated heterocycles. The lowest BCUT2D eigenvalue weighted by atomic mass is 10.1. The second kappa shape index (κ2) is 10.1. The van der Waals surface area contributed by atoms with Crippen molar-refractivity contribution < 1.29 is 18.7 Å². The van der Waals surface area contributed by atoms with E-state index in [2.05, 4.69) is 4.90 Å². The van der Waals surface area contributed by atoms with Crippen LogP contribution in [0, 0.1) is 5.82 Å². The first kappa shape index (κ1) is 20.1. The lowest BCUT2D eigenvalue weighted by Gasteiger charge is -2.34. The molecule has 6 heteroatoms. The van der Waals surface area contributed by atoms with Gasteiger partial charge in [-0.3, -0.25) is 9.69 Å². The van der Waals surface area contributed by atoms with Gasteiger partial charge >= 0.3 is 0 Å². The molecule has 0 N–H and O–H groups in total. The summed E-state index contributed by atoms with van der Waals surface area (Å²) in [7, 11) is 1.44. The minimum Gasteiger partial charge on any atom is -0.494 e. The van der Waals surface area contributed by atoms with E-state index in [1.165, 1.54) is 13.2 Å². The van der Waals surface area contributed by atoms with E-state index in [0.717, 1.165) is 44.0 Å². The minimum atomic E-state index is -0.390. The smallest absolute Gasteiger partial charge is 0.222 e. The summed E-state index contributed by atoms with van der Waals surface area (Å²) in [6, 6.07) is 14.6. The number of hydrogen-bond acceptors (Lipinski definition) is 4. The third kappa shape index (κ3) is 5.70. The summed E-state index contributed by atoms with van der Waals surface area (Å²) in [6.07, 6.45) is 0.924. The molecular formula is C22H27FN2O3. The molecule has 5 nitrogen and oxygen atoms in total. The number of methoxy groups -OCH3 is 1. The van der Waals surface area contributed by atoms with Crippen LogP contribution in [0.2, 0.25) is 0 Å². The molecule has 2 aromatic carbocycles. The zero-order valence-electron chi connectivity index (χ0n) is 16.3. The third-order valence-corrected chi connectivity index (χ3v) is 4.99. The Hall–Kier alpha value is -2.60. The van der Waals surface area contributed by atoms with Crippen LogP contribution in [-0.2, 0) is 11.2 Å². The Labute approximate surface area is 165 Å². The zero-order valence-corrected chi connectivity index (χ0v) is 16.3. The maximum absolute atomic E-state index is 13.7. The Morgan fingerprint density at radius 1 is 1.07 bits per heavy atom. The van der Waals surface area contributed by atoms with Crippen LogP contribution in [0.5, 0.6) is 11.5 Å². The molecule has 0 saturated carbocycles. The molecule has 0 unspecified atom stereocenters. The van der Waals surface area contributed by atoms with Gasteiger partial charge in [-0.15, -0.1) is 0 Å². The van der Waals surface area contributed by atoms with Crippen LogP contribution in [0.4, 0.5) is 4.39 Å². The van der Waals surface area contributed by atoms with E-state index in [9.17, 15) is 9.18 Å². The summed E-state index contributed by atoms with van der Waals surface area (Å²) in [5, 5.41) is 0. The number of rotatable bonds is 8. The number of piperazine rings is 1. The number of halogens is 1.